The number of carbonyl (C=O) groups is 1. The van der Waals surface area contributed by atoms with E-state index < -0.39 is 0 Å². The molecule has 0 bridgehead atoms. The van der Waals surface area contributed by atoms with Crippen LogP contribution >= 0.6 is 21.6 Å². The number of rotatable bonds is 7. The number of unbranched alkanes of at least 4 members (excludes halogenated alkanes) is 1. The maximum atomic E-state index is 12.8. The summed E-state index contributed by atoms with van der Waals surface area (Å²) in [5.41, 5.74) is 3.36. The normalized spacial score (nSPS) is 35.6. The molecule has 4 aliphatic rings. The van der Waals surface area contributed by atoms with Crippen molar-refractivity contribution in [2.24, 2.45) is 17.3 Å². The maximum absolute atomic E-state index is 12.8. The summed E-state index contributed by atoms with van der Waals surface area (Å²) in [5.74, 6) is 4.82. The number of fused-ring (bicyclic) bond motifs is 5. The molecule has 0 spiro atoms. The Morgan fingerprint density at radius 1 is 1.19 bits per heavy atom. The molecule has 1 saturated heterocycles. The number of ether oxygens (including phenoxy) is 1. The highest BCUT2D eigenvalue weighted by Gasteiger charge is 2.55. The summed E-state index contributed by atoms with van der Waals surface area (Å²) in [6.07, 6.45) is 13.0. The van der Waals surface area contributed by atoms with Gasteiger partial charge in [-0.2, -0.15) is 0 Å². The number of aryl methyl sites for hydroxylation is 1. The fraction of sp³-hybridized carbons (Fsp3) is 0.741. The van der Waals surface area contributed by atoms with Crippen molar-refractivity contribution in [2.45, 2.75) is 94.8 Å². The third-order valence-corrected chi connectivity index (χ3v) is 12.2. The second-order valence-corrected chi connectivity index (χ2v) is 13.6. The molecule has 32 heavy (non-hydrogen) atoms. The van der Waals surface area contributed by atoms with E-state index in [1.165, 1.54) is 69.1 Å². The molecule has 5 heteroatoms. The molecule has 3 fully saturated rings. The molecule has 176 valence electrons. The predicted octanol–water partition coefficient (Wildman–Crippen LogP) is 6.75. The molecule has 6 unspecified atom stereocenters. The van der Waals surface area contributed by atoms with E-state index >= 15 is 0 Å². The van der Waals surface area contributed by atoms with Gasteiger partial charge in [0.05, 0.1) is 7.11 Å². The molecule has 5 rings (SSSR count). The number of amides is 1. The van der Waals surface area contributed by atoms with Gasteiger partial charge in [-0.25, -0.2) is 0 Å². The second-order valence-electron chi connectivity index (χ2n) is 10.8. The van der Waals surface area contributed by atoms with Gasteiger partial charge in [-0.1, -0.05) is 41.0 Å². The van der Waals surface area contributed by atoms with Gasteiger partial charge in [-0.05, 0) is 104 Å². The molecule has 3 nitrogen and oxygen atoms in total. The number of methoxy groups -OCH3 is 1. The van der Waals surface area contributed by atoms with E-state index in [9.17, 15) is 4.79 Å². The van der Waals surface area contributed by atoms with Crippen molar-refractivity contribution in [3.8, 4) is 5.75 Å². The van der Waals surface area contributed by atoms with Crippen LogP contribution in [0.25, 0.3) is 0 Å². The van der Waals surface area contributed by atoms with Crippen LogP contribution in [0.15, 0.2) is 18.2 Å². The standard InChI is InChI=1S/C27H39NO2S2/c1-27-15-13-22-21-10-8-19(30-2)17-18(21)7-9-23(22)24(27)11-12-25(27)28-26(29)6-4-3-5-20-14-16-31-32-20/h8,10,17,20,22-25H,3-7,9,11-16H2,1-2H3,(H,28,29). The van der Waals surface area contributed by atoms with E-state index in [0.717, 1.165) is 29.3 Å². The zero-order valence-electron chi connectivity index (χ0n) is 19.7. The Labute approximate surface area is 202 Å². The summed E-state index contributed by atoms with van der Waals surface area (Å²) in [6.45, 7) is 2.49. The van der Waals surface area contributed by atoms with E-state index in [0.29, 0.717) is 24.3 Å². The SMILES string of the molecule is COc1ccc2c(c1)CCC1C2CCC2(C)C(NC(=O)CCCCC3CCSS3)CCC12. The second kappa shape index (κ2) is 9.82. The molecule has 6 atom stereocenters. The molecule has 1 N–H and O–H groups in total. The molecular formula is C27H39NO2S2. The third kappa shape index (κ3) is 4.45. The largest absolute Gasteiger partial charge is 0.497 e. The van der Waals surface area contributed by atoms with Crippen LogP contribution in [0.4, 0.5) is 0 Å². The van der Waals surface area contributed by atoms with Crippen LogP contribution in [0.1, 0.15) is 88.2 Å². The van der Waals surface area contributed by atoms with Crippen LogP contribution in [0, 0.1) is 17.3 Å². The zero-order chi connectivity index (χ0) is 22.1. The summed E-state index contributed by atoms with van der Waals surface area (Å²) in [6, 6.07) is 7.13. The fourth-order valence-electron chi connectivity index (χ4n) is 7.41. The number of carbonyl (C=O) groups excluding carboxylic acids is 1. The molecule has 1 aromatic rings. The molecular weight excluding hydrogens is 434 g/mol. The first kappa shape index (κ1) is 23.0. The van der Waals surface area contributed by atoms with Crippen molar-refractivity contribution < 1.29 is 9.53 Å². The molecule has 0 aromatic heterocycles. The Morgan fingerprint density at radius 3 is 2.91 bits per heavy atom. The Morgan fingerprint density at radius 2 is 2.09 bits per heavy atom. The minimum atomic E-state index is 0.276. The highest BCUT2D eigenvalue weighted by molar-refractivity contribution is 8.77. The minimum Gasteiger partial charge on any atom is -0.497 e. The first-order valence-electron chi connectivity index (χ1n) is 12.8. The average Bonchev–Trinajstić information content (AvgIpc) is 3.44. The van der Waals surface area contributed by atoms with Gasteiger partial charge in [0.15, 0.2) is 0 Å². The lowest BCUT2D eigenvalue weighted by atomic mass is 9.55. The Balaban J connectivity index is 1.17. The Hall–Kier alpha value is -0.810. The van der Waals surface area contributed by atoms with Crippen LogP contribution in [0.5, 0.6) is 5.75 Å². The van der Waals surface area contributed by atoms with Gasteiger partial charge in [0.25, 0.3) is 0 Å². The maximum Gasteiger partial charge on any atom is 0.220 e. The van der Waals surface area contributed by atoms with Gasteiger partial charge in [0, 0.05) is 23.5 Å². The summed E-state index contributed by atoms with van der Waals surface area (Å²) in [7, 11) is 5.84. The van der Waals surface area contributed by atoms with Gasteiger partial charge in [-0.15, -0.1) is 0 Å². The van der Waals surface area contributed by atoms with Gasteiger partial charge in [0.2, 0.25) is 5.91 Å². The van der Waals surface area contributed by atoms with Gasteiger partial charge in [-0.3, -0.25) is 4.79 Å². The third-order valence-electron chi connectivity index (χ3n) is 9.18. The molecule has 0 radical (unpaired) electrons. The number of nitrogens with one attached hydrogen (secondary N) is 1. The van der Waals surface area contributed by atoms with E-state index in [1.54, 1.807) is 12.7 Å². The number of hydrogen-bond acceptors (Lipinski definition) is 4. The van der Waals surface area contributed by atoms with E-state index in [2.05, 4.69) is 41.2 Å². The van der Waals surface area contributed by atoms with Crippen LogP contribution in [0.2, 0.25) is 0 Å². The van der Waals surface area contributed by atoms with Crippen molar-refractivity contribution in [1.29, 1.82) is 0 Å². The Bertz CT molecular complexity index is 824. The lowest BCUT2D eigenvalue weighted by Gasteiger charge is -2.51. The quantitative estimate of drug-likeness (QED) is 0.351. The van der Waals surface area contributed by atoms with Crippen LogP contribution < -0.4 is 10.1 Å². The first-order chi connectivity index (χ1) is 15.6. The van der Waals surface area contributed by atoms with Crippen molar-refractivity contribution in [3.05, 3.63) is 29.3 Å². The summed E-state index contributed by atoms with van der Waals surface area (Å²) in [5, 5.41) is 4.34. The van der Waals surface area contributed by atoms with Gasteiger partial charge < -0.3 is 10.1 Å². The molecule has 1 aliphatic heterocycles. The van der Waals surface area contributed by atoms with Gasteiger partial charge >= 0.3 is 0 Å². The van der Waals surface area contributed by atoms with Crippen LogP contribution in [0.3, 0.4) is 0 Å². The van der Waals surface area contributed by atoms with E-state index in [-0.39, 0.29) is 5.41 Å². The molecule has 2 saturated carbocycles. The topological polar surface area (TPSA) is 38.3 Å². The van der Waals surface area contributed by atoms with Crippen LogP contribution in [-0.2, 0) is 11.2 Å². The van der Waals surface area contributed by atoms with Crippen molar-refractivity contribution >= 4 is 27.5 Å². The summed E-state index contributed by atoms with van der Waals surface area (Å²) < 4.78 is 5.47. The highest BCUT2D eigenvalue weighted by Crippen LogP contribution is 2.61. The van der Waals surface area contributed by atoms with Crippen molar-refractivity contribution in [2.75, 3.05) is 12.9 Å². The molecule has 3 aliphatic carbocycles. The Kier molecular flexibility index (Phi) is 7.04. The van der Waals surface area contributed by atoms with Crippen molar-refractivity contribution in [1.82, 2.24) is 5.32 Å². The molecule has 1 heterocycles. The van der Waals surface area contributed by atoms with Crippen LogP contribution in [-0.4, -0.2) is 30.1 Å². The summed E-state index contributed by atoms with van der Waals surface area (Å²) in [4.78, 5) is 12.8. The van der Waals surface area contributed by atoms with E-state index in [1.807, 2.05) is 10.8 Å². The number of hydrogen-bond donors (Lipinski definition) is 1. The minimum absolute atomic E-state index is 0.276. The summed E-state index contributed by atoms with van der Waals surface area (Å²) >= 11 is 0. The predicted molar refractivity (Wildman–Crippen MR) is 136 cm³/mol. The molecule has 1 amide bonds. The average molecular weight is 474 g/mol. The lowest BCUT2D eigenvalue weighted by molar-refractivity contribution is -0.123. The van der Waals surface area contributed by atoms with Crippen molar-refractivity contribution in [3.63, 3.8) is 0 Å². The first-order valence-corrected chi connectivity index (χ1v) is 15.2. The highest BCUT2D eigenvalue weighted by atomic mass is 33.1. The zero-order valence-corrected chi connectivity index (χ0v) is 21.4. The van der Waals surface area contributed by atoms with Gasteiger partial charge in [0.1, 0.15) is 5.75 Å². The lowest BCUT2D eigenvalue weighted by Crippen LogP contribution is -2.50. The fourth-order valence-corrected chi connectivity index (χ4v) is 10.4. The number of benzene rings is 1. The monoisotopic (exact) mass is 473 g/mol. The molecule has 1 aromatic carbocycles. The van der Waals surface area contributed by atoms with E-state index in [4.69, 9.17) is 4.74 Å². The smallest absolute Gasteiger partial charge is 0.220 e.